The Morgan fingerprint density at radius 2 is 1.81 bits per heavy atom. The molecule has 1 aromatic rings. The molecule has 6 nitrogen and oxygen atoms in total. The van der Waals surface area contributed by atoms with Gasteiger partial charge in [-0.2, -0.15) is 0 Å². The van der Waals surface area contributed by atoms with Crippen molar-refractivity contribution in [2.45, 2.75) is 44.6 Å². The summed E-state index contributed by atoms with van der Waals surface area (Å²) in [5.74, 6) is 1.46. The first kappa shape index (κ1) is 26.4. The van der Waals surface area contributed by atoms with Gasteiger partial charge in [-0.05, 0) is 24.8 Å². The normalized spacial score (nSPS) is 21.4. The van der Waals surface area contributed by atoms with E-state index in [0.29, 0.717) is 12.0 Å². The molecule has 2 heterocycles. The molecule has 2 aliphatic heterocycles. The maximum atomic E-state index is 5.70. The molecule has 0 amide bonds. The predicted molar refractivity (Wildman–Crippen MR) is 139 cm³/mol. The number of guanidine groups is 1. The fraction of sp³-hybridized carbons (Fsp3) is 0.708. The van der Waals surface area contributed by atoms with E-state index in [4.69, 9.17) is 9.47 Å². The van der Waals surface area contributed by atoms with Crippen molar-refractivity contribution in [1.29, 1.82) is 0 Å². The first-order chi connectivity index (χ1) is 14.7. The summed E-state index contributed by atoms with van der Waals surface area (Å²) in [5, 5.41) is 7.24. The summed E-state index contributed by atoms with van der Waals surface area (Å²) in [5.41, 5.74) is 1.51. The Morgan fingerprint density at radius 3 is 2.39 bits per heavy atom. The Kier molecular flexibility index (Phi) is 11.6. The number of nitrogens with one attached hydrogen (secondary N) is 2. The average molecular weight is 545 g/mol. The van der Waals surface area contributed by atoms with Crippen molar-refractivity contribution in [3.8, 4) is 0 Å². The summed E-state index contributed by atoms with van der Waals surface area (Å²) in [6, 6.07) is 11.3. The molecule has 2 aliphatic rings. The lowest BCUT2D eigenvalue weighted by molar-refractivity contribution is 0.00246. The van der Waals surface area contributed by atoms with E-state index in [9.17, 15) is 0 Å². The second-order valence-electron chi connectivity index (χ2n) is 8.50. The van der Waals surface area contributed by atoms with Crippen LogP contribution in [0.15, 0.2) is 35.3 Å². The highest BCUT2D eigenvalue weighted by molar-refractivity contribution is 14.0. The average Bonchev–Trinajstić information content (AvgIpc) is 3.35. The lowest BCUT2D eigenvalue weighted by Crippen LogP contribution is -2.54. The number of morpholine rings is 1. The van der Waals surface area contributed by atoms with Crippen LogP contribution < -0.4 is 10.6 Å². The van der Waals surface area contributed by atoms with Crippen LogP contribution in [0.2, 0.25) is 0 Å². The van der Waals surface area contributed by atoms with Crippen LogP contribution in [0.4, 0.5) is 0 Å². The van der Waals surface area contributed by atoms with E-state index in [1.807, 2.05) is 7.05 Å². The molecule has 31 heavy (non-hydrogen) atoms. The number of hydrogen-bond acceptors (Lipinski definition) is 4. The van der Waals surface area contributed by atoms with Crippen molar-refractivity contribution in [2.24, 2.45) is 10.9 Å². The summed E-state index contributed by atoms with van der Waals surface area (Å²) in [6.07, 6.45) is 3.32. The molecule has 176 valence electrons. The quantitative estimate of drug-likeness (QED) is 0.284. The molecule has 0 saturated carbocycles. The SMILES string of the molecule is CCC(CC)(CNC(=NC)NCC(C1CCOC1)N1CCOCC1)c1ccccc1.I. The fourth-order valence-corrected chi connectivity index (χ4v) is 4.84. The Morgan fingerprint density at radius 1 is 1.10 bits per heavy atom. The van der Waals surface area contributed by atoms with Crippen molar-refractivity contribution < 1.29 is 9.47 Å². The number of benzene rings is 1. The first-order valence-corrected chi connectivity index (χ1v) is 11.6. The van der Waals surface area contributed by atoms with Crippen molar-refractivity contribution >= 4 is 29.9 Å². The molecule has 0 bridgehead atoms. The third-order valence-corrected chi connectivity index (χ3v) is 7.06. The zero-order valence-corrected chi connectivity index (χ0v) is 21.8. The molecule has 1 aromatic carbocycles. The molecule has 7 heteroatoms. The highest BCUT2D eigenvalue weighted by Gasteiger charge is 2.32. The Labute approximate surface area is 205 Å². The molecule has 2 atom stereocenters. The lowest BCUT2D eigenvalue weighted by Gasteiger charge is -2.38. The molecule has 0 radical (unpaired) electrons. The molecule has 0 spiro atoms. The maximum absolute atomic E-state index is 5.70. The Balaban J connectivity index is 0.00000341. The van der Waals surface area contributed by atoms with Gasteiger partial charge in [-0.1, -0.05) is 44.2 Å². The molecule has 0 aliphatic carbocycles. The number of rotatable bonds is 9. The number of halogens is 1. The van der Waals surface area contributed by atoms with Gasteiger partial charge in [0.25, 0.3) is 0 Å². The molecular formula is C24H41IN4O2. The smallest absolute Gasteiger partial charge is 0.191 e. The van der Waals surface area contributed by atoms with Gasteiger partial charge < -0.3 is 20.1 Å². The minimum Gasteiger partial charge on any atom is -0.381 e. The van der Waals surface area contributed by atoms with Gasteiger partial charge in [0.1, 0.15) is 0 Å². The van der Waals surface area contributed by atoms with Gasteiger partial charge in [-0.25, -0.2) is 0 Å². The molecule has 2 unspecified atom stereocenters. The monoisotopic (exact) mass is 544 g/mol. The van der Waals surface area contributed by atoms with E-state index < -0.39 is 0 Å². The van der Waals surface area contributed by atoms with Gasteiger partial charge in [0.05, 0.1) is 19.8 Å². The van der Waals surface area contributed by atoms with E-state index in [2.05, 4.69) is 64.7 Å². The van der Waals surface area contributed by atoms with Crippen LogP contribution in [0.5, 0.6) is 0 Å². The standard InChI is InChI=1S/C24H40N4O2.HI/c1-4-24(5-2,21-9-7-6-8-10-21)19-27-23(25-3)26-17-22(20-11-14-30-18-20)28-12-15-29-16-13-28;/h6-10,20,22H,4-5,11-19H2,1-3H3,(H2,25,26,27);1H. The van der Waals surface area contributed by atoms with Crippen LogP contribution in [-0.2, 0) is 14.9 Å². The molecule has 0 aromatic heterocycles. The Bertz CT molecular complexity index is 642. The van der Waals surface area contributed by atoms with Gasteiger partial charge in [0.2, 0.25) is 0 Å². The lowest BCUT2D eigenvalue weighted by atomic mass is 9.76. The zero-order valence-electron chi connectivity index (χ0n) is 19.4. The predicted octanol–water partition coefficient (Wildman–Crippen LogP) is 3.26. The molecule has 3 rings (SSSR count). The number of nitrogens with zero attached hydrogens (tertiary/aromatic N) is 2. The van der Waals surface area contributed by atoms with Crippen molar-refractivity contribution in [3.63, 3.8) is 0 Å². The zero-order chi connectivity index (χ0) is 21.2. The van der Waals surface area contributed by atoms with Gasteiger partial charge >= 0.3 is 0 Å². The Hall–Kier alpha value is -0.900. The largest absolute Gasteiger partial charge is 0.381 e. The molecular weight excluding hydrogens is 503 g/mol. The summed E-state index contributed by atoms with van der Waals surface area (Å²) in [6.45, 7) is 11.7. The maximum Gasteiger partial charge on any atom is 0.191 e. The van der Waals surface area contributed by atoms with Gasteiger partial charge in [0.15, 0.2) is 5.96 Å². The minimum atomic E-state index is 0. The third kappa shape index (κ3) is 7.04. The van der Waals surface area contributed by atoms with Gasteiger partial charge in [0, 0.05) is 57.2 Å². The summed E-state index contributed by atoms with van der Waals surface area (Å²) < 4.78 is 11.3. The van der Waals surface area contributed by atoms with Crippen molar-refractivity contribution in [2.75, 3.05) is 59.7 Å². The van der Waals surface area contributed by atoms with Gasteiger partial charge in [-0.3, -0.25) is 9.89 Å². The fourth-order valence-electron chi connectivity index (χ4n) is 4.84. The highest BCUT2D eigenvalue weighted by Crippen LogP contribution is 2.30. The summed E-state index contributed by atoms with van der Waals surface area (Å²) >= 11 is 0. The highest BCUT2D eigenvalue weighted by atomic mass is 127. The van der Waals surface area contributed by atoms with Crippen LogP contribution in [0.25, 0.3) is 0 Å². The molecule has 2 fully saturated rings. The van der Waals surface area contributed by atoms with Crippen LogP contribution in [0.3, 0.4) is 0 Å². The number of hydrogen-bond donors (Lipinski definition) is 2. The third-order valence-electron chi connectivity index (χ3n) is 7.06. The topological polar surface area (TPSA) is 58.1 Å². The number of ether oxygens (including phenoxy) is 2. The summed E-state index contributed by atoms with van der Waals surface area (Å²) in [7, 11) is 1.86. The minimum absolute atomic E-state index is 0. The molecule has 2 saturated heterocycles. The van der Waals surface area contributed by atoms with Crippen LogP contribution in [0.1, 0.15) is 38.7 Å². The number of aliphatic imine (C=N–C) groups is 1. The van der Waals surface area contributed by atoms with E-state index in [1.165, 1.54) is 5.56 Å². The second-order valence-corrected chi connectivity index (χ2v) is 8.50. The van der Waals surface area contributed by atoms with Crippen LogP contribution >= 0.6 is 24.0 Å². The van der Waals surface area contributed by atoms with E-state index >= 15 is 0 Å². The van der Waals surface area contributed by atoms with Crippen LogP contribution in [0, 0.1) is 5.92 Å². The van der Waals surface area contributed by atoms with E-state index in [1.54, 1.807) is 0 Å². The molecule has 2 N–H and O–H groups in total. The second kappa shape index (κ2) is 13.6. The van der Waals surface area contributed by atoms with Gasteiger partial charge in [-0.15, -0.1) is 24.0 Å². The van der Waals surface area contributed by atoms with E-state index in [-0.39, 0.29) is 29.4 Å². The van der Waals surface area contributed by atoms with Crippen LogP contribution in [-0.4, -0.2) is 76.6 Å². The van der Waals surface area contributed by atoms with E-state index in [0.717, 1.165) is 77.8 Å². The van der Waals surface area contributed by atoms with Crippen molar-refractivity contribution in [1.82, 2.24) is 15.5 Å². The first-order valence-electron chi connectivity index (χ1n) is 11.6. The summed E-state index contributed by atoms with van der Waals surface area (Å²) in [4.78, 5) is 7.08. The van der Waals surface area contributed by atoms with Crippen molar-refractivity contribution in [3.05, 3.63) is 35.9 Å².